The number of carbonyl (C=O) groups is 1. The first kappa shape index (κ1) is 8.50. The van der Waals surface area contributed by atoms with Crippen LogP contribution < -0.4 is 5.32 Å². The molecule has 0 aliphatic heterocycles. The number of anilines is 1. The number of aromatic amines is 1. The monoisotopic (exact) mass is 187 g/mol. The number of carbonyl (C=O) groups excluding carboxylic acids is 1. The molecule has 0 fully saturated rings. The lowest BCUT2D eigenvalue weighted by Gasteiger charge is -1.93. The maximum atomic E-state index is 10.2. The van der Waals surface area contributed by atoms with Crippen molar-refractivity contribution in [2.45, 2.75) is 0 Å². The molecule has 0 unspecified atom stereocenters. The minimum absolute atomic E-state index is 0.527. The molecule has 0 bridgehead atoms. The molecular formula is C10H9N3O. The van der Waals surface area contributed by atoms with Gasteiger partial charge in [0.05, 0.1) is 0 Å². The van der Waals surface area contributed by atoms with Crippen LogP contribution in [0.25, 0.3) is 11.4 Å². The molecule has 2 N–H and O–H groups in total. The average Bonchev–Trinajstić information content (AvgIpc) is 2.68. The van der Waals surface area contributed by atoms with Crippen molar-refractivity contribution in [2.24, 2.45) is 0 Å². The molecule has 70 valence electrons. The topological polar surface area (TPSA) is 57.8 Å². The summed E-state index contributed by atoms with van der Waals surface area (Å²) in [7, 11) is 0. The number of benzene rings is 1. The van der Waals surface area contributed by atoms with Gasteiger partial charge in [-0.2, -0.15) is 0 Å². The quantitative estimate of drug-likeness (QED) is 0.718. The molecule has 0 atom stereocenters. The molecule has 1 heterocycles. The van der Waals surface area contributed by atoms with Gasteiger partial charge in [-0.15, -0.1) is 0 Å². The van der Waals surface area contributed by atoms with Gasteiger partial charge in [0.2, 0.25) is 6.41 Å². The van der Waals surface area contributed by atoms with Gasteiger partial charge in [0.15, 0.2) is 5.82 Å². The highest BCUT2D eigenvalue weighted by atomic mass is 16.1. The Hall–Kier alpha value is -2.10. The number of hydrogen-bond donors (Lipinski definition) is 2. The van der Waals surface area contributed by atoms with Crippen LogP contribution in [0.15, 0.2) is 36.5 Å². The van der Waals surface area contributed by atoms with E-state index in [-0.39, 0.29) is 0 Å². The SMILES string of the molecule is O=CNc1c[nH]c(-c2ccccc2)n1. The van der Waals surface area contributed by atoms with Crippen molar-refractivity contribution < 1.29 is 4.79 Å². The second-order valence-electron chi connectivity index (χ2n) is 2.76. The van der Waals surface area contributed by atoms with Crippen LogP contribution in [-0.4, -0.2) is 16.4 Å². The highest BCUT2D eigenvalue weighted by Crippen LogP contribution is 2.16. The summed E-state index contributed by atoms with van der Waals surface area (Å²) in [5, 5.41) is 2.47. The van der Waals surface area contributed by atoms with E-state index in [1.165, 1.54) is 0 Å². The summed E-state index contributed by atoms with van der Waals surface area (Å²) < 4.78 is 0. The van der Waals surface area contributed by atoms with Crippen LogP contribution in [0, 0.1) is 0 Å². The van der Waals surface area contributed by atoms with E-state index in [0.717, 1.165) is 11.4 Å². The third-order valence-corrected chi connectivity index (χ3v) is 1.83. The molecule has 1 amide bonds. The van der Waals surface area contributed by atoms with E-state index in [2.05, 4.69) is 15.3 Å². The predicted molar refractivity (Wildman–Crippen MR) is 53.7 cm³/mol. The molecule has 0 aliphatic rings. The molecule has 0 spiro atoms. The van der Waals surface area contributed by atoms with E-state index < -0.39 is 0 Å². The van der Waals surface area contributed by atoms with Gasteiger partial charge in [-0.3, -0.25) is 4.79 Å². The van der Waals surface area contributed by atoms with Crippen LogP contribution in [0.3, 0.4) is 0 Å². The molecule has 0 saturated heterocycles. The van der Waals surface area contributed by atoms with Gasteiger partial charge in [0.1, 0.15) is 5.82 Å². The summed E-state index contributed by atoms with van der Waals surface area (Å²) in [6.45, 7) is 0. The Morgan fingerprint density at radius 3 is 2.79 bits per heavy atom. The molecule has 0 aliphatic carbocycles. The Morgan fingerprint density at radius 2 is 2.07 bits per heavy atom. The fourth-order valence-electron chi connectivity index (χ4n) is 1.20. The summed E-state index contributed by atoms with van der Waals surface area (Å²) in [5.41, 5.74) is 0.992. The van der Waals surface area contributed by atoms with Crippen LogP contribution in [0.1, 0.15) is 0 Å². The minimum Gasteiger partial charge on any atom is -0.343 e. The van der Waals surface area contributed by atoms with Gasteiger partial charge in [-0.1, -0.05) is 30.3 Å². The minimum atomic E-state index is 0.527. The van der Waals surface area contributed by atoms with Crippen molar-refractivity contribution in [2.75, 3.05) is 5.32 Å². The van der Waals surface area contributed by atoms with Gasteiger partial charge >= 0.3 is 0 Å². The van der Waals surface area contributed by atoms with Gasteiger partial charge < -0.3 is 10.3 Å². The summed E-state index contributed by atoms with van der Waals surface area (Å²) in [4.78, 5) is 17.3. The number of nitrogens with zero attached hydrogens (tertiary/aromatic N) is 1. The lowest BCUT2D eigenvalue weighted by atomic mass is 10.2. The van der Waals surface area contributed by atoms with Crippen molar-refractivity contribution in [1.29, 1.82) is 0 Å². The van der Waals surface area contributed by atoms with Gasteiger partial charge in [-0.25, -0.2) is 4.98 Å². The number of hydrogen-bond acceptors (Lipinski definition) is 2. The molecule has 1 aromatic carbocycles. The van der Waals surface area contributed by atoms with Crippen LogP contribution in [0.2, 0.25) is 0 Å². The van der Waals surface area contributed by atoms with Crippen LogP contribution in [-0.2, 0) is 4.79 Å². The first-order valence-electron chi connectivity index (χ1n) is 4.21. The lowest BCUT2D eigenvalue weighted by Crippen LogP contribution is -1.92. The van der Waals surface area contributed by atoms with Crippen LogP contribution in [0.5, 0.6) is 0 Å². The smallest absolute Gasteiger partial charge is 0.212 e. The molecule has 2 aromatic rings. The molecule has 0 saturated carbocycles. The standard InChI is InChI=1S/C10H9N3O/c14-7-12-9-6-11-10(13-9)8-4-2-1-3-5-8/h1-7H,(H,11,13)(H,12,14). The Balaban J connectivity index is 2.29. The first-order valence-corrected chi connectivity index (χ1v) is 4.21. The molecular weight excluding hydrogens is 178 g/mol. The average molecular weight is 187 g/mol. The van der Waals surface area contributed by atoms with Gasteiger partial charge in [0, 0.05) is 11.8 Å². The van der Waals surface area contributed by atoms with E-state index >= 15 is 0 Å². The Bertz CT molecular complexity index is 422. The first-order chi connectivity index (χ1) is 6.90. The van der Waals surface area contributed by atoms with Crippen molar-refractivity contribution in [3.05, 3.63) is 36.5 Å². The van der Waals surface area contributed by atoms with Crippen molar-refractivity contribution in [3.63, 3.8) is 0 Å². The summed E-state index contributed by atoms with van der Waals surface area (Å²) >= 11 is 0. The number of aromatic nitrogens is 2. The third kappa shape index (κ3) is 1.64. The zero-order chi connectivity index (χ0) is 9.80. The number of nitrogens with one attached hydrogen (secondary N) is 2. The second-order valence-corrected chi connectivity index (χ2v) is 2.76. The molecule has 4 heteroatoms. The summed E-state index contributed by atoms with van der Waals surface area (Å²) in [6.07, 6.45) is 2.25. The fourth-order valence-corrected chi connectivity index (χ4v) is 1.20. The van der Waals surface area contributed by atoms with Crippen molar-refractivity contribution in [3.8, 4) is 11.4 Å². The third-order valence-electron chi connectivity index (χ3n) is 1.83. The van der Waals surface area contributed by atoms with Crippen molar-refractivity contribution >= 4 is 12.2 Å². The molecule has 14 heavy (non-hydrogen) atoms. The van der Waals surface area contributed by atoms with E-state index in [4.69, 9.17) is 0 Å². The molecule has 1 aromatic heterocycles. The highest BCUT2D eigenvalue weighted by molar-refractivity contribution is 5.70. The molecule has 2 rings (SSSR count). The predicted octanol–water partition coefficient (Wildman–Crippen LogP) is 1.65. The zero-order valence-electron chi connectivity index (χ0n) is 7.40. The normalized spacial score (nSPS) is 9.71. The summed E-state index contributed by atoms with van der Waals surface area (Å²) in [5.74, 6) is 1.27. The van der Waals surface area contributed by atoms with Crippen molar-refractivity contribution in [1.82, 2.24) is 9.97 Å². The van der Waals surface area contributed by atoms with E-state index in [9.17, 15) is 4.79 Å². The number of amides is 1. The van der Waals surface area contributed by atoms with Gasteiger partial charge in [-0.05, 0) is 0 Å². The Labute approximate surface area is 81.0 Å². The largest absolute Gasteiger partial charge is 0.343 e. The van der Waals surface area contributed by atoms with E-state index in [1.807, 2.05) is 30.3 Å². The number of imidazole rings is 1. The van der Waals surface area contributed by atoms with Crippen LogP contribution >= 0.6 is 0 Å². The molecule has 4 nitrogen and oxygen atoms in total. The summed E-state index contributed by atoms with van der Waals surface area (Å²) in [6, 6.07) is 9.71. The fraction of sp³-hybridized carbons (Fsp3) is 0. The number of rotatable bonds is 3. The van der Waals surface area contributed by atoms with Gasteiger partial charge in [0.25, 0.3) is 0 Å². The molecule has 0 radical (unpaired) electrons. The maximum Gasteiger partial charge on any atom is 0.212 e. The second kappa shape index (κ2) is 3.74. The number of H-pyrrole nitrogens is 1. The Kier molecular flexibility index (Phi) is 2.27. The van der Waals surface area contributed by atoms with Crippen LogP contribution in [0.4, 0.5) is 5.82 Å². The van der Waals surface area contributed by atoms with E-state index in [1.54, 1.807) is 6.20 Å². The lowest BCUT2D eigenvalue weighted by molar-refractivity contribution is -0.105. The maximum absolute atomic E-state index is 10.2. The zero-order valence-corrected chi connectivity index (χ0v) is 7.40. The Morgan fingerprint density at radius 1 is 1.29 bits per heavy atom. The highest BCUT2D eigenvalue weighted by Gasteiger charge is 2.01. The van der Waals surface area contributed by atoms with E-state index in [0.29, 0.717) is 12.2 Å².